The Kier molecular flexibility index (Phi) is 8.90. The van der Waals surface area contributed by atoms with Crippen molar-refractivity contribution >= 4 is 97.7 Å². The predicted octanol–water partition coefficient (Wildman–Crippen LogP) is 24.6. The standard InChI is InChI=1S/C44H28O.C42H26O/c1-2-12-30(13-3-1)33-14-4-5-16-35(33)44-38-19-8-6-17-36(38)43(37-18-7-9-20-39(37)44)31-24-22-29(23-25-31)32-26-27-42-40(28-32)34-15-10-11-21-41(34)45-42;1-2-10-30-25-32(22-19-27(30)9-1)42-36-14-5-3-12-34(36)41(35-13-4-6-15-37(35)42)29-20-17-28(18-21-29)31-23-24-40-38(26-31)33-11-7-8-16-39(33)43-40/h1-28H;1-26H/i6D,7D,8D,9D,17D,18D,19D,20D;3D,4D,5D,6D,12D,13D,14D,15D. The first-order valence-corrected chi connectivity index (χ1v) is 28.9. The second-order valence-corrected chi connectivity index (χ2v) is 21.7. The van der Waals surface area contributed by atoms with Crippen LogP contribution in [0.1, 0.15) is 21.9 Å². The van der Waals surface area contributed by atoms with Gasteiger partial charge in [0.2, 0.25) is 0 Å². The summed E-state index contributed by atoms with van der Waals surface area (Å²) in [5.74, 6) is 0. The highest BCUT2D eigenvalue weighted by Gasteiger charge is 2.21. The molecule has 2 heteroatoms. The van der Waals surface area contributed by atoms with Crippen molar-refractivity contribution in [1.29, 1.82) is 0 Å². The van der Waals surface area contributed by atoms with Gasteiger partial charge in [0.25, 0.3) is 0 Å². The molecule has 88 heavy (non-hydrogen) atoms. The van der Waals surface area contributed by atoms with Gasteiger partial charge in [0.15, 0.2) is 0 Å². The van der Waals surface area contributed by atoms with E-state index in [9.17, 15) is 11.0 Å². The zero-order valence-corrected chi connectivity index (χ0v) is 46.8. The number of para-hydroxylation sites is 2. The number of hydrogen-bond donors (Lipinski definition) is 0. The minimum absolute atomic E-state index is 0.186. The van der Waals surface area contributed by atoms with Crippen molar-refractivity contribution in [3.05, 3.63) is 327 Å². The summed E-state index contributed by atoms with van der Waals surface area (Å²) in [6.45, 7) is 0. The lowest BCUT2D eigenvalue weighted by Gasteiger charge is -2.19. The van der Waals surface area contributed by atoms with Crippen LogP contribution in [0.5, 0.6) is 0 Å². The van der Waals surface area contributed by atoms with Gasteiger partial charge in [-0.15, -0.1) is 0 Å². The van der Waals surface area contributed by atoms with Crippen LogP contribution in [0.15, 0.2) is 336 Å². The van der Waals surface area contributed by atoms with Gasteiger partial charge in [-0.3, -0.25) is 0 Å². The molecular formula is C86H54O2. The van der Waals surface area contributed by atoms with Crippen LogP contribution in [0, 0.1) is 0 Å². The molecule has 18 aromatic rings. The van der Waals surface area contributed by atoms with E-state index in [0.717, 1.165) is 88.0 Å². The molecule has 2 heterocycles. The van der Waals surface area contributed by atoms with Crippen LogP contribution < -0.4 is 0 Å². The van der Waals surface area contributed by atoms with Crippen LogP contribution in [-0.4, -0.2) is 0 Å². The van der Waals surface area contributed by atoms with Gasteiger partial charge in [-0.2, -0.15) is 0 Å². The summed E-state index contributed by atoms with van der Waals surface area (Å²) in [5, 5.41) is 7.39. The quantitative estimate of drug-likeness (QED) is 0.149. The Morgan fingerprint density at radius 2 is 0.534 bits per heavy atom. The van der Waals surface area contributed by atoms with Crippen molar-refractivity contribution < 1.29 is 30.8 Å². The zero-order valence-electron chi connectivity index (χ0n) is 62.8. The molecule has 0 amide bonds. The fraction of sp³-hybridized carbons (Fsp3) is 0. The third-order valence-electron chi connectivity index (χ3n) is 16.8. The van der Waals surface area contributed by atoms with E-state index in [1.165, 1.54) is 0 Å². The van der Waals surface area contributed by atoms with Crippen LogP contribution in [0.2, 0.25) is 0 Å². The SMILES string of the molecule is [2H]c1c([2H])c([2H])c2c(-c3ccc4ccccc4c3)c3c([2H])c([2H])c([2H])c([2H])c3c(-c3ccc(-c4ccc5oc6ccccc6c5c4)cc3)c2c1[2H].[2H]c1c([2H])c([2H])c2c(-c3ccccc3-c3ccccc3)c3c([2H])c([2H])c([2H])c([2H])c3c(-c3ccc(-c4ccc5oc6ccccc6c5c4)cc3)c2c1[2H]. The molecule has 0 spiro atoms. The van der Waals surface area contributed by atoms with Gasteiger partial charge in [-0.05, 0) is 174 Å². The Labute approximate surface area is 531 Å². The third kappa shape index (κ3) is 8.64. The topological polar surface area (TPSA) is 26.3 Å². The van der Waals surface area contributed by atoms with Gasteiger partial charge >= 0.3 is 0 Å². The number of benzene rings is 16. The monoisotopic (exact) mass is 1130 g/mol. The Morgan fingerprint density at radius 1 is 0.193 bits per heavy atom. The molecule has 0 radical (unpaired) electrons. The Bertz CT molecular complexity index is 6560. The van der Waals surface area contributed by atoms with Crippen LogP contribution >= 0.6 is 0 Å². The lowest BCUT2D eigenvalue weighted by atomic mass is 9.83. The Morgan fingerprint density at radius 3 is 1.01 bits per heavy atom. The second-order valence-electron chi connectivity index (χ2n) is 21.7. The van der Waals surface area contributed by atoms with Gasteiger partial charge < -0.3 is 8.83 Å². The van der Waals surface area contributed by atoms with E-state index in [2.05, 4.69) is 12.1 Å². The zero-order chi connectivity index (χ0) is 72.0. The number of hydrogen-bond acceptors (Lipinski definition) is 2. The first-order chi connectivity index (χ1) is 50.3. The van der Waals surface area contributed by atoms with E-state index < -0.39 is 48.3 Å². The highest BCUT2D eigenvalue weighted by Crippen LogP contribution is 2.48. The molecule has 0 atom stereocenters. The first-order valence-electron chi connectivity index (χ1n) is 36.9. The van der Waals surface area contributed by atoms with E-state index in [1.54, 1.807) is 0 Å². The van der Waals surface area contributed by atoms with E-state index in [0.29, 0.717) is 44.5 Å². The summed E-state index contributed by atoms with van der Waals surface area (Å²) in [7, 11) is 0. The number of furan rings is 2. The molecule has 0 aliphatic rings. The summed E-state index contributed by atoms with van der Waals surface area (Å²) < 4.78 is 156. The first kappa shape index (κ1) is 37.0. The molecular weight excluding hydrogens is 1060 g/mol. The molecule has 16 aromatic carbocycles. The van der Waals surface area contributed by atoms with E-state index >= 15 is 0 Å². The maximum atomic E-state index is 9.31. The van der Waals surface area contributed by atoms with E-state index in [1.807, 2.05) is 218 Å². The maximum absolute atomic E-state index is 9.31. The van der Waals surface area contributed by atoms with Gasteiger partial charge in [0.1, 0.15) is 22.3 Å². The third-order valence-corrected chi connectivity index (χ3v) is 16.8. The molecule has 0 bridgehead atoms. The average molecular weight is 1140 g/mol. The molecule has 18 rings (SSSR count). The molecule has 0 fully saturated rings. The Hall–Kier alpha value is -11.6. The molecule has 0 aliphatic heterocycles. The molecule has 2 nitrogen and oxygen atoms in total. The van der Waals surface area contributed by atoms with Crippen molar-refractivity contribution in [3.8, 4) is 77.9 Å². The van der Waals surface area contributed by atoms with Crippen molar-refractivity contribution in [1.82, 2.24) is 0 Å². The van der Waals surface area contributed by atoms with Crippen LogP contribution in [0.25, 0.3) is 176 Å². The van der Waals surface area contributed by atoms with Crippen LogP contribution in [0.3, 0.4) is 0 Å². The van der Waals surface area contributed by atoms with Crippen molar-refractivity contribution in [2.75, 3.05) is 0 Å². The maximum Gasteiger partial charge on any atom is 0.135 e. The minimum atomic E-state index is -0.427. The number of fused-ring (bicyclic) bond motifs is 11. The highest BCUT2D eigenvalue weighted by molar-refractivity contribution is 6.24. The normalized spacial score (nSPS) is 14.2. The summed E-state index contributed by atoms with van der Waals surface area (Å²) in [6.07, 6.45) is 0. The molecule has 0 saturated heterocycles. The lowest BCUT2D eigenvalue weighted by Crippen LogP contribution is -1.92. The number of rotatable bonds is 7. The summed E-state index contributed by atoms with van der Waals surface area (Å²) in [4.78, 5) is 0. The Balaban J connectivity index is 0.000000154. The van der Waals surface area contributed by atoms with E-state index in [4.69, 9.17) is 19.8 Å². The fourth-order valence-electron chi connectivity index (χ4n) is 12.8. The van der Waals surface area contributed by atoms with Gasteiger partial charge in [-0.1, -0.05) is 285 Å². The predicted molar refractivity (Wildman–Crippen MR) is 373 cm³/mol. The molecule has 0 aliphatic carbocycles. The minimum Gasteiger partial charge on any atom is -0.456 e. The van der Waals surface area contributed by atoms with Crippen molar-refractivity contribution in [2.24, 2.45) is 0 Å². The van der Waals surface area contributed by atoms with Crippen LogP contribution in [-0.2, 0) is 0 Å². The van der Waals surface area contributed by atoms with Crippen molar-refractivity contribution in [2.45, 2.75) is 0 Å². The largest absolute Gasteiger partial charge is 0.456 e. The van der Waals surface area contributed by atoms with Gasteiger partial charge in [-0.25, -0.2) is 0 Å². The van der Waals surface area contributed by atoms with Crippen LogP contribution in [0.4, 0.5) is 0 Å². The fourth-order valence-corrected chi connectivity index (χ4v) is 12.8. The molecule has 0 saturated carbocycles. The smallest absolute Gasteiger partial charge is 0.135 e. The summed E-state index contributed by atoms with van der Waals surface area (Å²) in [6, 6.07) is 67.6. The van der Waals surface area contributed by atoms with Crippen molar-refractivity contribution in [3.63, 3.8) is 0 Å². The van der Waals surface area contributed by atoms with E-state index in [-0.39, 0.29) is 91.4 Å². The summed E-state index contributed by atoms with van der Waals surface area (Å²) >= 11 is 0. The molecule has 0 unspecified atom stereocenters. The molecule has 2 aromatic heterocycles. The van der Waals surface area contributed by atoms with Gasteiger partial charge in [0, 0.05) is 21.5 Å². The lowest BCUT2D eigenvalue weighted by molar-refractivity contribution is 0.668. The highest BCUT2D eigenvalue weighted by atomic mass is 16.3. The average Bonchev–Trinajstić information content (AvgIpc) is 0.939. The van der Waals surface area contributed by atoms with Gasteiger partial charge in [0.05, 0.1) is 21.9 Å². The summed E-state index contributed by atoms with van der Waals surface area (Å²) in [5.41, 5.74) is 12.1. The molecule has 0 N–H and O–H groups in total. The molecule has 410 valence electrons. The second kappa shape index (κ2) is 21.2.